The number of hydrogen-bond acceptors (Lipinski definition) is 11. The number of nitrogens with zero attached hydrogens (tertiary/aromatic N) is 7. The molecule has 2 aliphatic rings. The second-order valence-corrected chi connectivity index (χ2v) is 14.0. The van der Waals surface area contributed by atoms with E-state index < -0.39 is 18.2 Å². The third kappa shape index (κ3) is 7.89. The van der Waals surface area contributed by atoms with E-state index in [2.05, 4.69) is 30.1 Å². The van der Waals surface area contributed by atoms with Gasteiger partial charge in [-0.2, -0.15) is 4.89 Å². The second-order valence-electron chi connectivity index (χ2n) is 14.0. The minimum atomic E-state index is -0.904. The van der Waals surface area contributed by atoms with Crippen LogP contribution in [0.3, 0.4) is 0 Å². The van der Waals surface area contributed by atoms with Crippen molar-refractivity contribution in [3.05, 3.63) is 119 Å². The fraction of sp³-hybridized carbons (Fsp3) is 0.317. The Balaban J connectivity index is 0.982. The van der Waals surface area contributed by atoms with Crippen molar-refractivity contribution in [3.8, 4) is 0 Å². The van der Waals surface area contributed by atoms with E-state index in [4.69, 9.17) is 24.6 Å². The number of methoxy groups -OCH3 is 1. The number of amides is 3. The summed E-state index contributed by atoms with van der Waals surface area (Å²) in [4.78, 5) is 83.6. The summed E-state index contributed by atoms with van der Waals surface area (Å²) in [7, 11) is 2.65. The van der Waals surface area contributed by atoms with Crippen molar-refractivity contribution in [1.29, 1.82) is 0 Å². The van der Waals surface area contributed by atoms with Crippen molar-refractivity contribution in [2.75, 3.05) is 27.3 Å². The van der Waals surface area contributed by atoms with E-state index in [1.54, 1.807) is 11.1 Å². The highest BCUT2D eigenvalue weighted by atomic mass is 17.2. The number of imidazole rings is 2. The topological polar surface area (TPSA) is 193 Å². The van der Waals surface area contributed by atoms with Crippen LogP contribution in [-0.4, -0.2) is 91.3 Å². The van der Waals surface area contributed by atoms with Gasteiger partial charge >= 0.3 is 6.09 Å². The van der Waals surface area contributed by atoms with Crippen LogP contribution in [-0.2, 0) is 30.5 Å². The first-order chi connectivity index (χ1) is 27.9. The van der Waals surface area contributed by atoms with Gasteiger partial charge in [0.15, 0.2) is 17.3 Å². The summed E-state index contributed by atoms with van der Waals surface area (Å²) in [6.45, 7) is 1.10. The number of hydrogen-bond donors (Lipinski definition) is 3. The summed E-state index contributed by atoms with van der Waals surface area (Å²) < 4.78 is 4.83. The molecule has 57 heavy (non-hydrogen) atoms. The Kier molecular flexibility index (Phi) is 10.8. The lowest BCUT2D eigenvalue weighted by Crippen LogP contribution is -2.42. The molecule has 16 heteroatoms. The summed E-state index contributed by atoms with van der Waals surface area (Å²) in [6.07, 6.45) is 5.82. The first-order valence-electron chi connectivity index (χ1n) is 18.9. The number of aromatic amines is 2. The number of alkyl carbamates (subject to hydrolysis) is 1. The SMILES string of the molecule is COOC=N[C@H](C(=O)N1CCC[C@H]1c1nc2ncc(Cc3ccc4[nH]c([C@@H]5CCCN5C(=O)[C@@H](NC(=O)OC)c5ccccc5)nc4n3)cc2[nH]1)c1ccccc1. The molecule has 2 aliphatic heterocycles. The van der Waals surface area contributed by atoms with Gasteiger partial charge in [0.25, 0.3) is 11.8 Å². The van der Waals surface area contributed by atoms with E-state index in [1.165, 1.54) is 14.2 Å². The van der Waals surface area contributed by atoms with Gasteiger partial charge in [-0.25, -0.2) is 29.7 Å². The molecular formula is C41H42N10O6. The quantitative estimate of drug-likeness (QED) is 0.0612. The van der Waals surface area contributed by atoms with Gasteiger partial charge in [0.2, 0.25) is 6.40 Å². The minimum absolute atomic E-state index is 0.157. The molecule has 0 bridgehead atoms. The van der Waals surface area contributed by atoms with Gasteiger partial charge in [-0.05, 0) is 60.6 Å². The number of ether oxygens (including phenoxy) is 1. The number of aliphatic imine (C=N–C) groups is 1. The number of benzene rings is 2. The molecule has 4 atom stereocenters. The molecule has 6 heterocycles. The van der Waals surface area contributed by atoms with E-state index in [9.17, 15) is 14.4 Å². The van der Waals surface area contributed by atoms with E-state index >= 15 is 0 Å². The van der Waals surface area contributed by atoms with Crippen LogP contribution >= 0.6 is 0 Å². The van der Waals surface area contributed by atoms with Crippen LogP contribution in [0.5, 0.6) is 0 Å². The summed E-state index contributed by atoms with van der Waals surface area (Å²) in [5.74, 6) is 0.918. The largest absolute Gasteiger partial charge is 0.453 e. The minimum Gasteiger partial charge on any atom is -0.453 e. The molecule has 0 aliphatic carbocycles. The van der Waals surface area contributed by atoms with Gasteiger partial charge in [-0.3, -0.25) is 9.59 Å². The predicted octanol–water partition coefficient (Wildman–Crippen LogP) is 5.59. The number of aromatic nitrogens is 6. The predicted molar refractivity (Wildman–Crippen MR) is 208 cm³/mol. The maximum absolute atomic E-state index is 13.9. The molecule has 0 radical (unpaired) electrons. The molecule has 2 aromatic carbocycles. The summed E-state index contributed by atoms with van der Waals surface area (Å²) in [6, 6.07) is 22.1. The highest BCUT2D eigenvalue weighted by molar-refractivity contribution is 5.88. The van der Waals surface area contributed by atoms with Gasteiger partial charge in [0.05, 0.1) is 37.3 Å². The average Bonchev–Trinajstić information content (AvgIpc) is 4.07. The van der Waals surface area contributed by atoms with Gasteiger partial charge in [-0.1, -0.05) is 60.7 Å². The molecule has 3 amide bonds. The van der Waals surface area contributed by atoms with Crippen LogP contribution in [0, 0.1) is 0 Å². The molecule has 6 aromatic rings. The zero-order valence-corrected chi connectivity index (χ0v) is 31.5. The lowest BCUT2D eigenvalue weighted by Gasteiger charge is -2.28. The smallest absolute Gasteiger partial charge is 0.407 e. The van der Waals surface area contributed by atoms with Crippen molar-refractivity contribution in [2.45, 2.75) is 56.3 Å². The number of carbonyl (C=O) groups is 3. The van der Waals surface area contributed by atoms with Crippen LogP contribution in [0.15, 0.2) is 90.1 Å². The Bertz CT molecular complexity index is 2400. The first kappa shape index (κ1) is 37.3. The van der Waals surface area contributed by atoms with Crippen LogP contribution in [0.4, 0.5) is 4.79 Å². The van der Waals surface area contributed by atoms with Gasteiger partial charge in [-0.15, -0.1) is 0 Å². The van der Waals surface area contributed by atoms with Crippen LogP contribution < -0.4 is 5.32 Å². The van der Waals surface area contributed by atoms with E-state index in [0.29, 0.717) is 54.4 Å². The molecule has 292 valence electrons. The lowest BCUT2D eigenvalue weighted by molar-refractivity contribution is -0.188. The number of nitrogens with one attached hydrogen (secondary N) is 3. The number of carbonyl (C=O) groups excluding carboxylic acids is 3. The number of likely N-dealkylation sites (tertiary alicyclic amines) is 2. The van der Waals surface area contributed by atoms with Crippen molar-refractivity contribution in [3.63, 3.8) is 0 Å². The Labute approximate surface area is 327 Å². The number of fused-ring (bicyclic) bond motifs is 2. The van der Waals surface area contributed by atoms with Gasteiger partial charge < -0.3 is 34.7 Å². The molecule has 0 saturated carbocycles. The van der Waals surface area contributed by atoms with Crippen LogP contribution in [0.25, 0.3) is 22.3 Å². The third-order valence-corrected chi connectivity index (χ3v) is 10.4. The fourth-order valence-corrected chi connectivity index (χ4v) is 7.75. The van der Waals surface area contributed by atoms with Crippen molar-refractivity contribution in [1.82, 2.24) is 45.0 Å². The number of rotatable bonds is 12. The normalized spacial score (nSPS) is 18.0. The molecule has 3 N–H and O–H groups in total. The highest BCUT2D eigenvalue weighted by Gasteiger charge is 2.38. The van der Waals surface area contributed by atoms with Crippen molar-refractivity contribution < 1.29 is 28.9 Å². The Morgan fingerprint density at radius 1 is 0.825 bits per heavy atom. The zero-order chi connectivity index (χ0) is 39.3. The zero-order valence-electron chi connectivity index (χ0n) is 31.5. The number of H-pyrrole nitrogens is 2. The Morgan fingerprint density at radius 3 is 2.16 bits per heavy atom. The lowest BCUT2D eigenvalue weighted by atomic mass is 10.1. The molecule has 16 nitrogen and oxygen atoms in total. The summed E-state index contributed by atoms with van der Waals surface area (Å²) in [5.41, 5.74) is 5.76. The van der Waals surface area contributed by atoms with Crippen LogP contribution in [0.2, 0.25) is 0 Å². The number of pyridine rings is 2. The monoisotopic (exact) mass is 770 g/mol. The highest BCUT2D eigenvalue weighted by Crippen LogP contribution is 2.36. The van der Waals surface area contributed by atoms with Gasteiger partial charge in [0.1, 0.15) is 17.7 Å². The summed E-state index contributed by atoms with van der Waals surface area (Å²) >= 11 is 0. The molecule has 4 aromatic heterocycles. The first-order valence-corrected chi connectivity index (χ1v) is 18.9. The van der Waals surface area contributed by atoms with E-state index in [0.717, 1.165) is 53.5 Å². The third-order valence-electron chi connectivity index (χ3n) is 10.4. The average molecular weight is 771 g/mol. The Morgan fingerprint density at radius 2 is 1.47 bits per heavy atom. The molecule has 0 spiro atoms. The summed E-state index contributed by atoms with van der Waals surface area (Å²) in [5, 5.41) is 2.70. The molecule has 0 unspecified atom stereocenters. The van der Waals surface area contributed by atoms with Gasteiger partial charge in [0, 0.05) is 31.4 Å². The van der Waals surface area contributed by atoms with E-state index in [1.807, 2.05) is 83.8 Å². The van der Waals surface area contributed by atoms with Crippen LogP contribution in [0.1, 0.15) is 83.9 Å². The maximum Gasteiger partial charge on any atom is 0.407 e. The molecule has 2 saturated heterocycles. The Hall–Kier alpha value is -6.68. The van der Waals surface area contributed by atoms with Crippen molar-refractivity contribution in [2.24, 2.45) is 4.99 Å². The van der Waals surface area contributed by atoms with Crippen molar-refractivity contribution >= 4 is 46.6 Å². The van der Waals surface area contributed by atoms with E-state index in [-0.39, 0.29) is 23.9 Å². The molecular weight excluding hydrogens is 729 g/mol. The standard InChI is InChI=1S/C41H42N10O6/c1-55-41(54)47-34(27-13-7-4-8-14-27)40(53)51-20-10-15-31(51)37-45-29-18-17-28(44-36(29)49-37)21-25-22-30-35(42-23-25)48-38(46-30)32-16-9-19-50(32)39(52)33(43-24-57-56-2)26-11-5-3-6-12-26/h3-8,11-14,17-18,22-24,31-34H,9-10,15-16,19-21H2,1-2H3,(H,47,54)(H,42,46,48)(H,44,45,49)/t31-,32-,33-,34-/m0/s1. The molecule has 8 rings (SSSR count). The second kappa shape index (κ2) is 16.6. The molecule has 2 fully saturated rings. The maximum atomic E-state index is 13.9. The fourth-order valence-electron chi connectivity index (χ4n) is 7.75.